The van der Waals surface area contributed by atoms with Gasteiger partial charge in [-0.1, -0.05) is 29.4 Å². The Labute approximate surface area is 81.4 Å². The van der Waals surface area contributed by atoms with Crippen molar-refractivity contribution >= 4 is 23.2 Å². The lowest BCUT2D eigenvalue weighted by Gasteiger charge is -1.89. The maximum absolute atomic E-state index is 8.22. The van der Waals surface area contributed by atoms with Crippen molar-refractivity contribution in [1.82, 2.24) is 4.98 Å². The van der Waals surface area contributed by atoms with Gasteiger partial charge < -0.3 is 10.2 Å². The number of hydrogen-bond acceptors (Lipinski definition) is 2. The van der Waals surface area contributed by atoms with Crippen LogP contribution in [0.25, 0.3) is 17.0 Å². The molecular formula is C11H10N2O. The van der Waals surface area contributed by atoms with Crippen LogP contribution in [0.4, 0.5) is 0 Å². The first-order chi connectivity index (χ1) is 6.92. The Bertz CT molecular complexity index is 483. The van der Waals surface area contributed by atoms with E-state index in [4.69, 9.17) is 5.21 Å². The zero-order valence-electron chi connectivity index (χ0n) is 7.51. The quantitative estimate of drug-likeness (QED) is 0.422. The van der Waals surface area contributed by atoms with Crippen molar-refractivity contribution in [3.8, 4) is 0 Å². The molecule has 0 saturated heterocycles. The molecule has 0 amide bonds. The second-order valence-corrected chi connectivity index (χ2v) is 2.91. The van der Waals surface area contributed by atoms with Gasteiger partial charge in [-0.05, 0) is 17.7 Å². The van der Waals surface area contributed by atoms with Crippen molar-refractivity contribution in [1.29, 1.82) is 0 Å². The van der Waals surface area contributed by atoms with E-state index in [-0.39, 0.29) is 0 Å². The fraction of sp³-hybridized carbons (Fsp3) is 0. The van der Waals surface area contributed by atoms with Gasteiger partial charge in [0.15, 0.2) is 0 Å². The van der Waals surface area contributed by atoms with Crippen LogP contribution in [-0.2, 0) is 0 Å². The molecule has 3 nitrogen and oxygen atoms in total. The Kier molecular flexibility index (Phi) is 2.32. The van der Waals surface area contributed by atoms with E-state index in [0.29, 0.717) is 0 Å². The molecule has 0 atom stereocenters. The molecule has 0 bridgehead atoms. The van der Waals surface area contributed by atoms with E-state index in [9.17, 15) is 0 Å². The van der Waals surface area contributed by atoms with Crippen LogP contribution in [0, 0.1) is 0 Å². The standard InChI is InChI=1S/C11H10N2O/c14-13-7-3-4-9-8-12-11-6-2-1-5-10(9)11/h1-8,12,14H/b4-3+,13-7+. The lowest BCUT2D eigenvalue weighted by molar-refractivity contribution is 0.322. The molecule has 3 heteroatoms. The van der Waals surface area contributed by atoms with Gasteiger partial charge in [-0.2, -0.15) is 0 Å². The predicted molar refractivity (Wildman–Crippen MR) is 57.6 cm³/mol. The van der Waals surface area contributed by atoms with Gasteiger partial charge in [0.25, 0.3) is 0 Å². The normalized spacial score (nSPS) is 12.0. The smallest absolute Gasteiger partial charge is 0.0661 e. The molecule has 1 aromatic heterocycles. The number of nitrogens with one attached hydrogen (secondary N) is 1. The van der Waals surface area contributed by atoms with Gasteiger partial charge >= 0.3 is 0 Å². The Morgan fingerprint density at radius 2 is 2.14 bits per heavy atom. The SMILES string of the molecule is O/N=C/C=C/c1c[nH]c2ccccc12. The van der Waals surface area contributed by atoms with Gasteiger partial charge in [0.2, 0.25) is 0 Å². The molecule has 0 unspecified atom stereocenters. The molecule has 14 heavy (non-hydrogen) atoms. The van der Waals surface area contributed by atoms with E-state index < -0.39 is 0 Å². The largest absolute Gasteiger partial charge is 0.411 e. The Morgan fingerprint density at radius 1 is 1.29 bits per heavy atom. The molecule has 0 aliphatic rings. The van der Waals surface area contributed by atoms with E-state index in [1.165, 1.54) is 6.21 Å². The van der Waals surface area contributed by atoms with Gasteiger partial charge in [0.1, 0.15) is 0 Å². The molecule has 2 N–H and O–H groups in total. The van der Waals surface area contributed by atoms with Crippen molar-refractivity contribution in [3.05, 3.63) is 42.1 Å². The first-order valence-corrected chi connectivity index (χ1v) is 4.32. The Hall–Kier alpha value is -2.03. The summed E-state index contributed by atoms with van der Waals surface area (Å²) < 4.78 is 0. The van der Waals surface area contributed by atoms with Crippen LogP contribution < -0.4 is 0 Å². The highest BCUT2D eigenvalue weighted by atomic mass is 16.4. The summed E-state index contributed by atoms with van der Waals surface area (Å²) in [5.74, 6) is 0. The van der Waals surface area contributed by atoms with Crippen LogP contribution in [0.3, 0.4) is 0 Å². The molecule has 0 aliphatic heterocycles. The minimum absolute atomic E-state index is 1.08. The molecule has 1 aromatic carbocycles. The second kappa shape index (κ2) is 3.79. The summed E-state index contributed by atoms with van der Waals surface area (Å²) >= 11 is 0. The number of hydrogen-bond donors (Lipinski definition) is 2. The molecule has 0 fully saturated rings. The minimum atomic E-state index is 1.08. The fourth-order valence-electron chi connectivity index (χ4n) is 1.42. The average molecular weight is 186 g/mol. The fourth-order valence-corrected chi connectivity index (χ4v) is 1.42. The maximum atomic E-state index is 8.22. The average Bonchev–Trinajstić information content (AvgIpc) is 2.63. The zero-order valence-corrected chi connectivity index (χ0v) is 7.51. The van der Waals surface area contributed by atoms with Crippen LogP contribution in [0.5, 0.6) is 0 Å². The molecule has 70 valence electrons. The van der Waals surface area contributed by atoms with Gasteiger partial charge in [-0.25, -0.2) is 0 Å². The maximum Gasteiger partial charge on any atom is 0.0661 e. The van der Waals surface area contributed by atoms with E-state index in [2.05, 4.69) is 10.1 Å². The van der Waals surface area contributed by atoms with E-state index >= 15 is 0 Å². The van der Waals surface area contributed by atoms with Crippen molar-refractivity contribution < 1.29 is 5.21 Å². The minimum Gasteiger partial charge on any atom is -0.411 e. The highest BCUT2D eigenvalue weighted by Gasteiger charge is 1.97. The van der Waals surface area contributed by atoms with Crippen LogP contribution in [0.2, 0.25) is 0 Å². The number of allylic oxidation sites excluding steroid dienone is 1. The summed E-state index contributed by atoms with van der Waals surface area (Å²) in [6.45, 7) is 0. The Balaban J connectivity index is 2.43. The van der Waals surface area contributed by atoms with Crippen LogP contribution in [0.15, 0.2) is 41.7 Å². The summed E-state index contributed by atoms with van der Waals surface area (Å²) in [6.07, 6.45) is 6.84. The number of aromatic amines is 1. The molecule has 0 radical (unpaired) electrons. The number of oxime groups is 1. The summed E-state index contributed by atoms with van der Waals surface area (Å²) in [4.78, 5) is 3.16. The van der Waals surface area contributed by atoms with Crippen molar-refractivity contribution in [3.63, 3.8) is 0 Å². The zero-order chi connectivity index (χ0) is 9.80. The first-order valence-electron chi connectivity index (χ1n) is 4.32. The predicted octanol–water partition coefficient (Wildman–Crippen LogP) is 2.64. The van der Waals surface area contributed by atoms with Crippen LogP contribution >= 0.6 is 0 Å². The highest BCUT2D eigenvalue weighted by molar-refractivity contribution is 5.91. The monoisotopic (exact) mass is 186 g/mol. The molecular weight excluding hydrogens is 176 g/mol. The number of nitrogens with zero attached hydrogens (tertiary/aromatic N) is 1. The first kappa shape index (κ1) is 8.56. The van der Waals surface area contributed by atoms with Gasteiger partial charge in [0.05, 0.1) is 6.21 Å². The van der Waals surface area contributed by atoms with Crippen molar-refractivity contribution in [2.75, 3.05) is 0 Å². The number of H-pyrrole nitrogens is 1. The van der Waals surface area contributed by atoms with E-state index in [1.807, 2.05) is 36.5 Å². The van der Waals surface area contributed by atoms with E-state index in [0.717, 1.165) is 16.5 Å². The number of para-hydroxylation sites is 1. The molecule has 0 spiro atoms. The van der Waals surface area contributed by atoms with Gasteiger partial charge in [-0.3, -0.25) is 0 Å². The van der Waals surface area contributed by atoms with Crippen LogP contribution in [0.1, 0.15) is 5.56 Å². The molecule has 1 heterocycles. The van der Waals surface area contributed by atoms with Crippen molar-refractivity contribution in [2.45, 2.75) is 0 Å². The summed E-state index contributed by atoms with van der Waals surface area (Å²) in [6, 6.07) is 8.05. The van der Waals surface area contributed by atoms with Gasteiger partial charge in [0, 0.05) is 17.1 Å². The lowest BCUT2D eigenvalue weighted by atomic mass is 10.2. The third-order valence-electron chi connectivity index (χ3n) is 2.05. The summed E-state index contributed by atoms with van der Waals surface area (Å²) in [5.41, 5.74) is 2.19. The van der Waals surface area contributed by atoms with E-state index in [1.54, 1.807) is 6.08 Å². The van der Waals surface area contributed by atoms with Crippen LogP contribution in [-0.4, -0.2) is 16.4 Å². The molecule has 0 saturated carbocycles. The lowest BCUT2D eigenvalue weighted by Crippen LogP contribution is -1.68. The number of benzene rings is 1. The molecule has 2 rings (SSSR count). The number of fused-ring (bicyclic) bond motifs is 1. The summed E-state index contributed by atoms with van der Waals surface area (Å²) in [5, 5.41) is 12.3. The topological polar surface area (TPSA) is 48.4 Å². The van der Waals surface area contributed by atoms with Crippen molar-refractivity contribution in [2.24, 2.45) is 5.16 Å². The van der Waals surface area contributed by atoms with Gasteiger partial charge in [-0.15, -0.1) is 0 Å². The number of aromatic nitrogens is 1. The Morgan fingerprint density at radius 3 is 3.00 bits per heavy atom. The molecule has 0 aliphatic carbocycles. The second-order valence-electron chi connectivity index (χ2n) is 2.91. The summed E-state index contributed by atoms with van der Waals surface area (Å²) in [7, 11) is 0. The third-order valence-corrected chi connectivity index (χ3v) is 2.05. The molecule has 2 aromatic rings. The highest BCUT2D eigenvalue weighted by Crippen LogP contribution is 2.18. The third kappa shape index (κ3) is 1.52. The number of rotatable bonds is 2.